The van der Waals surface area contributed by atoms with E-state index in [1.807, 2.05) is 38.1 Å². The van der Waals surface area contributed by atoms with Gasteiger partial charge in [0.1, 0.15) is 17.7 Å². The Bertz CT molecular complexity index is 1140. The van der Waals surface area contributed by atoms with Gasteiger partial charge in [0.15, 0.2) is 5.78 Å². The largest absolute Gasteiger partial charge is 0.369 e. The SMILES string of the molecule is COC1(C(=O)N2CC(=O)C3C2CCN3C(=O)C(CC(C)C)NC(=O)c2ccc(N3CCN(C)CC3)cc2)CCCC1. The summed E-state index contributed by atoms with van der Waals surface area (Å²) in [6, 6.07) is 5.78. The van der Waals surface area contributed by atoms with Crippen LogP contribution in [0.1, 0.15) is 62.7 Å². The number of methoxy groups -OCH3 is 1. The number of carbonyl (C=O) groups excluding carboxylic acids is 4. The maximum atomic E-state index is 13.9. The fourth-order valence-electron chi connectivity index (χ4n) is 7.08. The Morgan fingerprint density at radius 3 is 2.27 bits per heavy atom. The summed E-state index contributed by atoms with van der Waals surface area (Å²) in [5.74, 6) is -0.642. The molecule has 3 saturated heterocycles. The van der Waals surface area contributed by atoms with E-state index in [0.717, 1.165) is 44.7 Å². The topological polar surface area (TPSA) is 102 Å². The monoisotopic (exact) mass is 567 g/mol. The quantitative estimate of drug-likeness (QED) is 0.512. The van der Waals surface area contributed by atoms with Crippen LogP contribution in [0.15, 0.2) is 24.3 Å². The number of amides is 3. The molecule has 41 heavy (non-hydrogen) atoms. The summed E-state index contributed by atoms with van der Waals surface area (Å²) >= 11 is 0. The maximum absolute atomic E-state index is 13.9. The van der Waals surface area contributed by atoms with E-state index in [2.05, 4.69) is 22.2 Å². The van der Waals surface area contributed by atoms with Crippen molar-refractivity contribution in [2.75, 3.05) is 58.3 Å². The molecule has 0 radical (unpaired) electrons. The van der Waals surface area contributed by atoms with E-state index in [0.29, 0.717) is 37.8 Å². The lowest BCUT2D eigenvalue weighted by Gasteiger charge is -2.34. The number of nitrogens with one attached hydrogen (secondary N) is 1. The minimum Gasteiger partial charge on any atom is -0.369 e. The van der Waals surface area contributed by atoms with Crippen LogP contribution < -0.4 is 10.2 Å². The number of fused-ring (bicyclic) bond motifs is 1. The molecule has 3 amide bonds. The summed E-state index contributed by atoms with van der Waals surface area (Å²) in [6.07, 6.45) is 4.17. The number of piperazine rings is 1. The van der Waals surface area contributed by atoms with Crippen molar-refractivity contribution in [3.8, 4) is 0 Å². The van der Waals surface area contributed by atoms with Gasteiger partial charge in [-0.25, -0.2) is 0 Å². The van der Waals surface area contributed by atoms with Crippen LogP contribution in [-0.4, -0.2) is 115 Å². The van der Waals surface area contributed by atoms with E-state index in [1.165, 1.54) is 0 Å². The zero-order chi connectivity index (χ0) is 29.3. The van der Waals surface area contributed by atoms with Gasteiger partial charge < -0.3 is 29.7 Å². The highest BCUT2D eigenvalue weighted by atomic mass is 16.5. The van der Waals surface area contributed by atoms with Crippen LogP contribution in [0.3, 0.4) is 0 Å². The third kappa shape index (κ3) is 5.86. The Morgan fingerprint density at radius 1 is 1.00 bits per heavy atom. The smallest absolute Gasteiger partial charge is 0.255 e. The molecular weight excluding hydrogens is 522 g/mol. The third-order valence-corrected chi connectivity index (χ3v) is 9.47. The summed E-state index contributed by atoms with van der Waals surface area (Å²) in [4.78, 5) is 61.9. The zero-order valence-corrected chi connectivity index (χ0v) is 24.9. The van der Waals surface area contributed by atoms with Crippen LogP contribution >= 0.6 is 0 Å². The number of likely N-dealkylation sites (tertiary alicyclic amines) is 2. The molecule has 0 bridgehead atoms. The summed E-state index contributed by atoms with van der Waals surface area (Å²) in [5.41, 5.74) is 0.721. The van der Waals surface area contributed by atoms with Crippen LogP contribution in [0.25, 0.3) is 0 Å². The number of carbonyl (C=O) groups is 4. The van der Waals surface area contributed by atoms with Crippen LogP contribution in [0, 0.1) is 5.92 Å². The van der Waals surface area contributed by atoms with Gasteiger partial charge in [-0.15, -0.1) is 0 Å². The molecule has 1 aromatic rings. The van der Waals surface area contributed by atoms with Gasteiger partial charge in [0.2, 0.25) is 5.91 Å². The van der Waals surface area contributed by atoms with Crippen molar-refractivity contribution >= 4 is 29.2 Å². The molecule has 4 aliphatic rings. The van der Waals surface area contributed by atoms with E-state index in [-0.39, 0.29) is 42.0 Å². The Kier molecular flexibility index (Phi) is 8.70. The molecule has 1 aliphatic carbocycles. The molecule has 1 N–H and O–H groups in total. The van der Waals surface area contributed by atoms with E-state index in [1.54, 1.807) is 16.9 Å². The second-order valence-electron chi connectivity index (χ2n) is 12.6. The zero-order valence-electron chi connectivity index (χ0n) is 24.9. The molecule has 3 unspecified atom stereocenters. The first-order valence-electron chi connectivity index (χ1n) is 15.2. The Labute approximate surface area is 243 Å². The normalized spacial score (nSPS) is 25.1. The molecule has 224 valence electrons. The molecule has 3 aliphatic heterocycles. The summed E-state index contributed by atoms with van der Waals surface area (Å²) in [5, 5.41) is 2.97. The van der Waals surface area contributed by atoms with Gasteiger partial charge in [-0.2, -0.15) is 0 Å². The highest BCUT2D eigenvalue weighted by Gasteiger charge is 2.56. The molecule has 4 fully saturated rings. The molecule has 10 heteroatoms. The standard InChI is InChI=1S/C31H45N5O5/c1-21(2)19-24(32-28(38)22-7-9-23(10-8-22)34-17-15-33(3)16-18-34)29(39)35-14-11-25-27(35)26(37)20-36(25)30(40)31(41-4)12-5-6-13-31/h7-10,21,24-25,27H,5-6,11-20H2,1-4H3,(H,32,38). The Hall–Kier alpha value is -2.98. The van der Waals surface area contributed by atoms with Gasteiger partial charge in [0.25, 0.3) is 11.8 Å². The van der Waals surface area contributed by atoms with Gasteiger partial charge >= 0.3 is 0 Å². The lowest BCUT2D eigenvalue weighted by atomic mass is 9.99. The molecule has 0 aromatic heterocycles. The Balaban J connectivity index is 1.27. The van der Waals surface area contributed by atoms with Crippen LogP contribution in [0.4, 0.5) is 5.69 Å². The minimum atomic E-state index is -0.860. The number of benzene rings is 1. The van der Waals surface area contributed by atoms with E-state index >= 15 is 0 Å². The number of rotatable bonds is 8. The van der Waals surface area contributed by atoms with Crippen molar-refractivity contribution in [2.24, 2.45) is 5.92 Å². The number of nitrogens with zero attached hydrogens (tertiary/aromatic N) is 4. The van der Waals surface area contributed by atoms with Crippen molar-refractivity contribution in [3.63, 3.8) is 0 Å². The highest BCUT2D eigenvalue weighted by molar-refractivity contribution is 6.01. The van der Waals surface area contributed by atoms with Gasteiger partial charge in [0, 0.05) is 51.1 Å². The van der Waals surface area contributed by atoms with Crippen molar-refractivity contribution in [2.45, 2.75) is 76.1 Å². The van der Waals surface area contributed by atoms with Crippen LogP contribution in [0.2, 0.25) is 0 Å². The molecule has 1 aromatic carbocycles. The van der Waals surface area contributed by atoms with Crippen molar-refractivity contribution in [3.05, 3.63) is 29.8 Å². The molecule has 5 rings (SSSR count). The van der Waals surface area contributed by atoms with Crippen molar-refractivity contribution in [1.82, 2.24) is 20.0 Å². The van der Waals surface area contributed by atoms with E-state index < -0.39 is 17.7 Å². The Morgan fingerprint density at radius 2 is 1.66 bits per heavy atom. The molecule has 3 heterocycles. The summed E-state index contributed by atoms with van der Waals surface area (Å²) in [7, 11) is 3.69. The molecule has 10 nitrogen and oxygen atoms in total. The first-order chi connectivity index (χ1) is 19.6. The van der Waals surface area contributed by atoms with Crippen LogP contribution in [-0.2, 0) is 19.1 Å². The number of ether oxygens (including phenoxy) is 1. The average Bonchev–Trinajstić information content (AvgIpc) is 3.70. The van der Waals surface area contributed by atoms with Gasteiger partial charge in [-0.3, -0.25) is 19.2 Å². The summed E-state index contributed by atoms with van der Waals surface area (Å²) < 4.78 is 5.71. The van der Waals surface area contributed by atoms with Gasteiger partial charge in [0.05, 0.1) is 12.6 Å². The lowest BCUT2D eigenvalue weighted by molar-refractivity contribution is -0.155. The highest BCUT2D eigenvalue weighted by Crippen LogP contribution is 2.38. The molecule has 1 saturated carbocycles. The lowest BCUT2D eigenvalue weighted by Crippen LogP contribution is -2.53. The van der Waals surface area contributed by atoms with Crippen molar-refractivity contribution in [1.29, 1.82) is 0 Å². The van der Waals surface area contributed by atoms with E-state index in [4.69, 9.17) is 4.74 Å². The minimum absolute atomic E-state index is 0.00389. The van der Waals surface area contributed by atoms with Crippen LogP contribution in [0.5, 0.6) is 0 Å². The summed E-state index contributed by atoms with van der Waals surface area (Å²) in [6.45, 7) is 8.30. The molecule has 0 spiro atoms. The number of hydrogen-bond donors (Lipinski definition) is 1. The number of ketones is 1. The number of anilines is 1. The number of hydrogen-bond acceptors (Lipinski definition) is 7. The van der Waals surface area contributed by atoms with Gasteiger partial charge in [-0.05, 0) is 75.8 Å². The fourth-order valence-corrected chi connectivity index (χ4v) is 7.08. The maximum Gasteiger partial charge on any atom is 0.255 e. The van der Waals surface area contributed by atoms with Crippen molar-refractivity contribution < 1.29 is 23.9 Å². The first-order valence-corrected chi connectivity index (χ1v) is 15.2. The van der Waals surface area contributed by atoms with Gasteiger partial charge in [-0.1, -0.05) is 13.8 Å². The second kappa shape index (κ2) is 12.1. The number of Topliss-reactive ketones (excluding diaryl/α,β-unsaturated/α-hetero) is 1. The predicted molar refractivity (Wildman–Crippen MR) is 156 cm³/mol. The second-order valence-corrected chi connectivity index (χ2v) is 12.6. The first kappa shape index (κ1) is 29.5. The molecular formula is C31H45N5O5. The predicted octanol–water partition coefficient (Wildman–Crippen LogP) is 1.92. The third-order valence-electron chi connectivity index (χ3n) is 9.47. The number of likely N-dealkylation sites (N-methyl/N-ethyl adjacent to an activating group) is 1. The van der Waals surface area contributed by atoms with E-state index in [9.17, 15) is 19.2 Å². The average molecular weight is 568 g/mol. The molecule has 3 atom stereocenters. The fraction of sp³-hybridized carbons (Fsp3) is 0.677.